The average Bonchev–Trinajstić information content (AvgIpc) is 2.37. The molecule has 2 amide bonds. The molecule has 7 nitrogen and oxygen atoms in total. The van der Waals surface area contributed by atoms with Crippen molar-refractivity contribution in [2.24, 2.45) is 11.7 Å². The Labute approximate surface area is 122 Å². The van der Waals surface area contributed by atoms with Gasteiger partial charge < -0.3 is 11.1 Å². The van der Waals surface area contributed by atoms with Crippen LogP contribution in [0.15, 0.2) is 24.3 Å². The minimum atomic E-state index is -0.726. The van der Waals surface area contributed by atoms with Crippen molar-refractivity contribution in [2.45, 2.75) is 32.7 Å². The first-order valence-electron chi connectivity index (χ1n) is 6.61. The molecule has 0 aliphatic carbocycles. The second-order valence-corrected chi connectivity index (χ2v) is 5.26. The summed E-state index contributed by atoms with van der Waals surface area (Å²) in [7, 11) is 0. The maximum absolute atomic E-state index is 11.9. The Bertz CT molecular complexity index is 543. The zero-order chi connectivity index (χ0) is 16.0. The van der Waals surface area contributed by atoms with E-state index < -0.39 is 16.9 Å². The average molecular weight is 293 g/mol. The summed E-state index contributed by atoms with van der Waals surface area (Å²) in [4.78, 5) is 33.3. The number of nitro benzene ring substituents is 1. The number of carbonyl (C=O) groups excluding carboxylic acids is 2. The third kappa shape index (κ3) is 5.60. The van der Waals surface area contributed by atoms with E-state index in [9.17, 15) is 19.7 Å². The normalized spacial score (nSPS) is 12.0. The van der Waals surface area contributed by atoms with Gasteiger partial charge in [0.05, 0.1) is 11.3 Å². The molecule has 1 atom stereocenters. The van der Waals surface area contributed by atoms with Gasteiger partial charge in [0.25, 0.3) is 5.69 Å². The number of hydrogen-bond donors (Lipinski definition) is 2. The first kappa shape index (κ1) is 16.6. The van der Waals surface area contributed by atoms with Crippen molar-refractivity contribution in [1.82, 2.24) is 5.32 Å². The predicted molar refractivity (Wildman–Crippen MR) is 77.4 cm³/mol. The fraction of sp³-hybridized carbons (Fsp3) is 0.429. The van der Waals surface area contributed by atoms with Crippen LogP contribution in [0.5, 0.6) is 0 Å². The first-order chi connectivity index (χ1) is 9.79. The SMILES string of the molecule is CC(C)C[C@H](NC(=O)Cc1cccc([N+](=O)[O-])c1)C(N)=O. The van der Waals surface area contributed by atoms with Crippen LogP contribution in [0, 0.1) is 16.0 Å². The number of nitrogens with zero attached hydrogens (tertiary/aromatic N) is 1. The molecule has 0 bridgehead atoms. The highest BCUT2D eigenvalue weighted by Gasteiger charge is 2.19. The Morgan fingerprint density at radius 2 is 2.05 bits per heavy atom. The van der Waals surface area contributed by atoms with Crippen molar-refractivity contribution in [1.29, 1.82) is 0 Å². The fourth-order valence-corrected chi connectivity index (χ4v) is 1.93. The molecule has 0 spiro atoms. The number of rotatable bonds is 7. The highest BCUT2D eigenvalue weighted by atomic mass is 16.6. The lowest BCUT2D eigenvalue weighted by atomic mass is 10.0. The second-order valence-electron chi connectivity index (χ2n) is 5.26. The highest BCUT2D eigenvalue weighted by Crippen LogP contribution is 2.13. The Kier molecular flexibility index (Phi) is 5.83. The molecule has 114 valence electrons. The third-order valence-electron chi connectivity index (χ3n) is 2.87. The molecule has 7 heteroatoms. The van der Waals surface area contributed by atoms with E-state index in [1.165, 1.54) is 18.2 Å². The van der Waals surface area contributed by atoms with Crippen LogP contribution < -0.4 is 11.1 Å². The maximum Gasteiger partial charge on any atom is 0.269 e. The second kappa shape index (κ2) is 7.37. The van der Waals surface area contributed by atoms with Crippen molar-refractivity contribution in [2.75, 3.05) is 0 Å². The van der Waals surface area contributed by atoms with Crippen LogP contribution in [0.25, 0.3) is 0 Å². The molecule has 0 fully saturated rings. The number of nitro groups is 1. The van der Waals surface area contributed by atoms with Gasteiger partial charge in [-0.3, -0.25) is 19.7 Å². The van der Waals surface area contributed by atoms with Gasteiger partial charge in [-0.2, -0.15) is 0 Å². The lowest BCUT2D eigenvalue weighted by molar-refractivity contribution is -0.384. The van der Waals surface area contributed by atoms with Gasteiger partial charge in [-0.05, 0) is 17.9 Å². The Morgan fingerprint density at radius 3 is 2.57 bits per heavy atom. The molecule has 1 aromatic rings. The zero-order valence-corrected chi connectivity index (χ0v) is 12.0. The van der Waals surface area contributed by atoms with Gasteiger partial charge in [-0.1, -0.05) is 26.0 Å². The van der Waals surface area contributed by atoms with Crippen molar-refractivity contribution in [3.05, 3.63) is 39.9 Å². The van der Waals surface area contributed by atoms with Gasteiger partial charge in [0, 0.05) is 12.1 Å². The van der Waals surface area contributed by atoms with Crippen molar-refractivity contribution < 1.29 is 14.5 Å². The molecule has 1 rings (SSSR count). The number of non-ortho nitro benzene ring substituents is 1. The Balaban J connectivity index is 2.70. The summed E-state index contributed by atoms with van der Waals surface area (Å²) >= 11 is 0. The Hall–Kier alpha value is -2.44. The quantitative estimate of drug-likeness (QED) is 0.579. The van der Waals surface area contributed by atoms with Crippen LogP contribution in [0.3, 0.4) is 0 Å². The summed E-state index contributed by atoms with van der Waals surface area (Å²) in [5, 5.41) is 13.2. The smallest absolute Gasteiger partial charge is 0.269 e. The van der Waals surface area contributed by atoms with Crippen LogP contribution >= 0.6 is 0 Å². The molecular weight excluding hydrogens is 274 g/mol. The lowest BCUT2D eigenvalue weighted by Gasteiger charge is -2.17. The fourth-order valence-electron chi connectivity index (χ4n) is 1.93. The first-order valence-corrected chi connectivity index (χ1v) is 6.61. The molecule has 0 radical (unpaired) electrons. The Morgan fingerprint density at radius 1 is 1.38 bits per heavy atom. The largest absolute Gasteiger partial charge is 0.368 e. The summed E-state index contributed by atoms with van der Waals surface area (Å²) in [6.07, 6.45) is 0.416. The number of primary amides is 1. The molecule has 0 unspecified atom stereocenters. The molecule has 0 aliphatic rings. The molecule has 0 heterocycles. The standard InChI is InChI=1S/C14H19N3O4/c1-9(2)6-12(14(15)19)16-13(18)8-10-4-3-5-11(7-10)17(20)21/h3-5,7,9,12H,6,8H2,1-2H3,(H2,15,19)(H,16,18)/t12-/m0/s1. The molecule has 1 aromatic carbocycles. The van der Waals surface area contributed by atoms with E-state index in [1.54, 1.807) is 6.07 Å². The van der Waals surface area contributed by atoms with Crippen molar-refractivity contribution in [3.63, 3.8) is 0 Å². The summed E-state index contributed by atoms with van der Waals surface area (Å²) in [5.41, 5.74) is 5.68. The number of hydrogen-bond acceptors (Lipinski definition) is 4. The summed E-state index contributed by atoms with van der Waals surface area (Å²) in [5.74, 6) is -0.767. The van der Waals surface area contributed by atoms with Gasteiger partial charge >= 0.3 is 0 Å². The summed E-state index contributed by atoms with van der Waals surface area (Å²) < 4.78 is 0. The van der Waals surface area contributed by atoms with Crippen LogP contribution in [0.2, 0.25) is 0 Å². The van der Waals surface area contributed by atoms with Gasteiger partial charge in [-0.15, -0.1) is 0 Å². The van der Waals surface area contributed by atoms with Gasteiger partial charge in [-0.25, -0.2) is 0 Å². The van der Waals surface area contributed by atoms with E-state index >= 15 is 0 Å². The molecule has 0 saturated carbocycles. The molecule has 21 heavy (non-hydrogen) atoms. The van der Waals surface area contributed by atoms with E-state index in [4.69, 9.17) is 5.73 Å². The van der Waals surface area contributed by atoms with Crippen molar-refractivity contribution in [3.8, 4) is 0 Å². The predicted octanol–water partition coefficient (Wildman–Crippen LogP) is 1.15. The minimum absolute atomic E-state index is 0.0381. The van der Waals surface area contributed by atoms with E-state index in [0.29, 0.717) is 12.0 Å². The number of benzene rings is 1. The molecule has 0 saturated heterocycles. The number of nitrogens with two attached hydrogens (primary N) is 1. The number of amides is 2. The topological polar surface area (TPSA) is 115 Å². The summed E-state index contributed by atoms with van der Waals surface area (Å²) in [6.45, 7) is 3.84. The van der Waals surface area contributed by atoms with Crippen LogP contribution in [-0.4, -0.2) is 22.8 Å². The molecule has 3 N–H and O–H groups in total. The monoisotopic (exact) mass is 293 g/mol. The minimum Gasteiger partial charge on any atom is -0.368 e. The van der Waals surface area contributed by atoms with E-state index in [0.717, 1.165) is 0 Å². The molecule has 0 aromatic heterocycles. The van der Waals surface area contributed by atoms with E-state index in [2.05, 4.69) is 5.32 Å². The van der Waals surface area contributed by atoms with Crippen LogP contribution in [0.1, 0.15) is 25.8 Å². The number of nitrogens with one attached hydrogen (secondary N) is 1. The van der Waals surface area contributed by atoms with Gasteiger partial charge in [0.15, 0.2) is 0 Å². The van der Waals surface area contributed by atoms with Crippen LogP contribution in [-0.2, 0) is 16.0 Å². The number of carbonyl (C=O) groups is 2. The zero-order valence-electron chi connectivity index (χ0n) is 12.0. The van der Waals surface area contributed by atoms with E-state index in [1.807, 2.05) is 13.8 Å². The lowest BCUT2D eigenvalue weighted by Crippen LogP contribution is -2.45. The van der Waals surface area contributed by atoms with Gasteiger partial charge in [0.2, 0.25) is 11.8 Å². The summed E-state index contributed by atoms with van der Waals surface area (Å²) in [6, 6.07) is 5.10. The highest BCUT2D eigenvalue weighted by molar-refractivity contribution is 5.87. The molecular formula is C14H19N3O4. The van der Waals surface area contributed by atoms with Crippen LogP contribution in [0.4, 0.5) is 5.69 Å². The van der Waals surface area contributed by atoms with E-state index in [-0.39, 0.29) is 23.9 Å². The molecule has 0 aliphatic heterocycles. The van der Waals surface area contributed by atoms with Gasteiger partial charge in [0.1, 0.15) is 6.04 Å². The third-order valence-corrected chi connectivity index (χ3v) is 2.87. The van der Waals surface area contributed by atoms with Crippen molar-refractivity contribution >= 4 is 17.5 Å². The maximum atomic E-state index is 11.9.